The molecule has 0 heteroatoms. The normalized spacial score (nSPS) is 19.8. The molecule has 1 aliphatic carbocycles. The lowest BCUT2D eigenvalue weighted by molar-refractivity contribution is 0.655. The molecule has 0 spiro atoms. The van der Waals surface area contributed by atoms with Crippen LogP contribution in [0.3, 0.4) is 0 Å². The van der Waals surface area contributed by atoms with Gasteiger partial charge in [0.25, 0.3) is 0 Å². The molecule has 4 aromatic carbocycles. The molecule has 4 aromatic rings. The highest BCUT2D eigenvalue weighted by Gasteiger charge is 2.26. The Morgan fingerprint density at radius 2 is 0.788 bits per heavy atom. The van der Waals surface area contributed by atoms with Crippen LogP contribution < -0.4 is 0 Å². The summed E-state index contributed by atoms with van der Waals surface area (Å²) in [5.41, 5.74) is 9.29. The highest BCUT2D eigenvalue weighted by molar-refractivity contribution is 5.77. The molecule has 1 fully saturated rings. The van der Waals surface area contributed by atoms with Gasteiger partial charge < -0.3 is 0 Å². The molecule has 1 aliphatic rings. The minimum absolute atomic E-state index is 0.462. The van der Waals surface area contributed by atoms with Crippen molar-refractivity contribution in [1.82, 2.24) is 0 Å². The third kappa shape index (κ3) is 5.30. The van der Waals surface area contributed by atoms with E-state index in [0.29, 0.717) is 5.92 Å². The molecule has 0 N–H and O–H groups in total. The molecule has 1 saturated carbocycles. The van der Waals surface area contributed by atoms with Crippen molar-refractivity contribution in [2.75, 3.05) is 0 Å². The van der Waals surface area contributed by atoms with Crippen molar-refractivity contribution >= 4 is 18.2 Å². The summed E-state index contributed by atoms with van der Waals surface area (Å²) >= 11 is 0. The first kappa shape index (κ1) is 21.0. The van der Waals surface area contributed by atoms with Crippen molar-refractivity contribution in [3.63, 3.8) is 0 Å². The van der Waals surface area contributed by atoms with Crippen LogP contribution in [0, 0.1) is 0 Å². The summed E-state index contributed by atoms with van der Waals surface area (Å²) in [4.78, 5) is 0. The summed E-state index contributed by atoms with van der Waals surface area (Å²) in [7, 11) is 0. The van der Waals surface area contributed by atoms with Crippen LogP contribution in [-0.4, -0.2) is 0 Å². The highest BCUT2D eigenvalue weighted by atomic mass is 14.3. The third-order valence-corrected chi connectivity index (χ3v) is 6.29. The zero-order valence-corrected chi connectivity index (χ0v) is 18.8. The molecule has 0 nitrogen and oxygen atoms in total. The van der Waals surface area contributed by atoms with Crippen molar-refractivity contribution in [3.05, 3.63) is 160 Å². The summed E-state index contributed by atoms with van der Waals surface area (Å²) < 4.78 is 0. The van der Waals surface area contributed by atoms with Gasteiger partial charge in [-0.25, -0.2) is 0 Å². The van der Waals surface area contributed by atoms with Gasteiger partial charge in [0, 0.05) is 0 Å². The van der Waals surface area contributed by atoms with E-state index in [4.69, 9.17) is 0 Å². The van der Waals surface area contributed by atoms with Gasteiger partial charge in [-0.1, -0.05) is 133 Å². The van der Waals surface area contributed by atoms with Crippen LogP contribution >= 0.6 is 0 Å². The summed E-state index contributed by atoms with van der Waals surface area (Å²) in [5, 5.41) is 0. The largest absolute Gasteiger partial charge is 0.0622 e. The van der Waals surface area contributed by atoms with E-state index in [9.17, 15) is 0 Å². The predicted octanol–water partition coefficient (Wildman–Crippen LogP) is 8.81. The predicted molar refractivity (Wildman–Crippen MR) is 142 cm³/mol. The summed E-state index contributed by atoms with van der Waals surface area (Å²) in [6, 6.07) is 43.1. The van der Waals surface area contributed by atoms with Crippen molar-refractivity contribution in [2.45, 2.75) is 18.8 Å². The molecule has 0 bridgehead atoms. The van der Waals surface area contributed by atoms with Gasteiger partial charge in [0.1, 0.15) is 0 Å². The smallest absolute Gasteiger partial charge is 0.00806 e. The molecular weight excluding hydrogens is 396 g/mol. The maximum Gasteiger partial charge on any atom is -0.00806 e. The molecular formula is C33H28. The number of allylic oxidation sites excluding steroid dienone is 3. The summed E-state index contributed by atoms with van der Waals surface area (Å²) in [5.74, 6) is 0.462. The molecule has 1 unspecified atom stereocenters. The topological polar surface area (TPSA) is 0 Å². The van der Waals surface area contributed by atoms with E-state index in [-0.39, 0.29) is 0 Å². The van der Waals surface area contributed by atoms with Gasteiger partial charge in [0.2, 0.25) is 0 Å². The van der Waals surface area contributed by atoms with Gasteiger partial charge in [-0.3, -0.25) is 0 Å². The first-order valence-corrected chi connectivity index (χ1v) is 11.7. The fourth-order valence-electron chi connectivity index (χ4n) is 4.67. The van der Waals surface area contributed by atoms with E-state index in [2.05, 4.69) is 140 Å². The molecule has 5 rings (SSSR count). The lowest BCUT2D eigenvalue weighted by atomic mass is 9.74. The zero-order valence-electron chi connectivity index (χ0n) is 18.8. The quantitative estimate of drug-likeness (QED) is 0.307. The van der Waals surface area contributed by atoms with Crippen molar-refractivity contribution in [3.8, 4) is 0 Å². The molecule has 160 valence electrons. The molecule has 0 radical (unpaired) electrons. The van der Waals surface area contributed by atoms with Crippen LogP contribution in [0.4, 0.5) is 0 Å². The summed E-state index contributed by atoms with van der Waals surface area (Å²) in [6.07, 6.45) is 9.18. The van der Waals surface area contributed by atoms with Gasteiger partial charge in [-0.05, 0) is 63.8 Å². The van der Waals surface area contributed by atoms with Gasteiger partial charge in [0.15, 0.2) is 0 Å². The van der Waals surface area contributed by atoms with E-state index in [0.717, 1.165) is 12.8 Å². The van der Waals surface area contributed by atoms with Crippen LogP contribution in [0.15, 0.2) is 138 Å². The van der Waals surface area contributed by atoms with Crippen LogP contribution in [0.25, 0.3) is 18.2 Å². The van der Waals surface area contributed by atoms with E-state index < -0.39 is 0 Å². The van der Waals surface area contributed by atoms with E-state index in [1.54, 1.807) is 0 Å². The van der Waals surface area contributed by atoms with Crippen LogP contribution in [0.5, 0.6) is 0 Å². The van der Waals surface area contributed by atoms with Gasteiger partial charge >= 0.3 is 0 Å². The molecule has 33 heavy (non-hydrogen) atoms. The standard InChI is InChI=1S/C33H28/c1-5-13-26(14-6-1)21-31-24-30(29-19-11-4-12-20-29)25-32(22-27-15-7-2-8-16-27)33(31)23-28-17-9-3-10-18-28/h1-23,30H,24-25H2/b31-21-,32-22+,33-23?. The SMILES string of the molecule is C(=C1/C(=C\c2ccccc2)CC(c2ccccc2)C/C1=C\c1ccccc1)c1ccccc1. The minimum Gasteiger partial charge on any atom is -0.0622 e. The summed E-state index contributed by atoms with van der Waals surface area (Å²) in [6.45, 7) is 0. The maximum atomic E-state index is 2.38. The average Bonchev–Trinajstić information content (AvgIpc) is 2.88. The Hall–Kier alpha value is -3.90. The first-order valence-electron chi connectivity index (χ1n) is 11.7. The van der Waals surface area contributed by atoms with Gasteiger partial charge in [-0.2, -0.15) is 0 Å². The van der Waals surface area contributed by atoms with Crippen molar-refractivity contribution < 1.29 is 0 Å². The first-order chi connectivity index (χ1) is 16.3. The molecule has 0 heterocycles. The zero-order chi connectivity index (χ0) is 22.3. The van der Waals surface area contributed by atoms with Crippen molar-refractivity contribution in [2.24, 2.45) is 0 Å². The molecule has 0 amide bonds. The third-order valence-electron chi connectivity index (χ3n) is 6.29. The monoisotopic (exact) mass is 424 g/mol. The van der Waals surface area contributed by atoms with E-state index in [1.165, 1.54) is 39.0 Å². The second-order valence-corrected chi connectivity index (χ2v) is 8.65. The number of hydrogen-bond donors (Lipinski definition) is 0. The Bertz CT molecular complexity index is 1200. The highest BCUT2D eigenvalue weighted by Crippen LogP contribution is 2.44. The Morgan fingerprint density at radius 3 is 1.21 bits per heavy atom. The fourth-order valence-corrected chi connectivity index (χ4v) is 4.67. The van der Waals surface area contributed by atoms with Crippen LogP contribution in [0.2, 0.25) is 0 Å². The Kier molecular flexibility index (Phi) is 6.45. The van der Waals surface area contributed by atoms with E-state index in [1.807, 2.05) is 0 Å². The van der Waals surface area contributed by atoms with Crippen LogP contribution in [-0.2, 0) is 0 Å². The number of hydrogen-bond acceptors (Lipinski definition) is 0. The number of rotatable bonds is 4. The maximum absolute atomic E-state index is 2.38. The molecule has 1 atom stereocenters. The lowest BCUT2D eigenvalue weighted by Crippen LogP contribution is -2.12. The van der Waals surface area contributed by atoms with Gasteiger partial charge in [0.05, 0.1) is 0 Å². The second kappa shape index (κ2) is 10.1. The Balaban J connectivity index is 1.66. The molecule has 0 aliphatic heterocycles. The Morgan fingerprint density at radius 1 is 0.424 bits per heavy atom. The molecule has 0 aromatic heterocycles. The van der Waals surface area contributed by atoms with Gasteiger partial charge in [-0.15, -0.1) is 0 Å². The van der Waals surface area contributed by atoms with Crippen molar-refractivity contribution in [1.29, 1.82) is 0 Å². The minimum atomic E-state index is 0.462. The van der Waals surface area contributed by atoms with E-state index >= 15 is 0 Å². The average molecular weight is 425 g/mol. The molecule has 0 saturated heterocycles. The second-order valence-electron chi connectivity index (χ2n) is 8.65. The Labute approximate surface area is 197 Å². The lowest BCUT2D eigenvalue weighted by Gasteiger charge is -2.30. The fraction of sp³-hybridized carbons (Fsp3) is 0.0909. The number of benzene rings is 4. The van der Waals surface area contributed by atoms with Crippen LogP contribution in [0.1, 0.15) is 41.0 Å².